The molecule has 0 aliphatic carbocycles. The molecule has 7 aromatic rings. The molecule has 0 amide bonds. The standard InChI is InChI=1S/C25H27Cl2N6O3P3S3.C17H19Cl2N4O2P2S2.C9H11Cl2N2OPS.C8H8Cl2N2OP2S2/c1-31(28-17-20-5-11-23(34-4)12-6-20)37(40)35-24-13-7-21(8-14-24)18-29-32(2)38(41)36-25-15-9-22(10-16-25)19-30-33(3)39(26,27)42;1-22(20-12-14-4-8-16(24-3)9-5-14)26(28)25-17-10-6-15(7-11-17)13-21-23(2)27(18,19)29;1-13(15(10,11)16)12-7-8-3-5-9(14-2)6-4-8;1-12(15(9,10)17)11-6-7-2-4-8(5-3-7)13-14-16/h5-19H,1-4H3;4-13H,1-3H3;3-7H,1-2H3;2-6H,1H3/q+2;+1;;/b28-17+,29-18+,30-19+;20-12+,21-13+;12-7+;11-6+. The number of rotatable bonds is 32. The zero-order valence-corrected chi connectivity index (χ0v) is 75.9. The van der Waals surface area contributed by atoms with Crippen LogP contribution in [0.1, 0.15) is 38.9 Å². The molecule has 0 aliphatic heterocycles. The lowest BCUT2D eigenvalue weighted by molar-refractivity contribution is 0.414. The predicted molar refractivity (Wildman–Crippen MR) is 476 cm³/mol. The molecule has 104 heavy (non-hydrogen) atoms. The molecule has 0 bridgehead atoms. The fraction of sp³-hybridized carbons (Fsp3) is 0.169. The van der Waals surface area contributed by atoms with E-state index >= 15 is 0 Å². The minimum atomic E-state index is -2.65. The van der Waals surface area contributed by atoms with Crippen molar-refractivity contribution in [1.29, 1.82) is 0 Å². The van der Waals surface area contributed by atoms with Gasteiger partial charge in [0.1, 0.15) is 23.0 Å². The van der Waals surface area contributed by atoms with Crippen molar-refractivity contribution in [2.45, 2.75) is 0 Å². The van der Waals surface area contributed by atoms with Gasteiger partial charge in [-0.05, 0) is 358 Å². The van der Waals surface area contributed by atoms with Crippen LogP contribution in [0.3, 0.4) is 0 Å². The van der Waals surface area contributed by atoms with Crippen LogP contribution in [-0.2, 0) is 94.5 Å². The summed E-state index contributed by atoms with van der Waals surface area (Å²) < 4.78 is 48.4. The lowest BCUT2D eigenvalue weighted by atomic mass is 10.2. The number of hydrazone groups is 7. The number of nitrogens with zero attached hydrogens (tertiary/aromatic N) is 14. The third-order valence-electron chi connectivity index (χ3n) is 12.2. The van der Waals surface area contributed by atoms with Crippen molar-refractivity contribution in [3.63, 3.8) is 0 Å². The van der Waals surface area contributed by atoms with Gasteiger partial charge in [-0.2, -0.15) is 20.4 Å². The number of benzene rings is 7. The van der Waals surface area contributed by atoms with E-state index in [1.165, 1.54) is 19.1 Å². The Bertz CT molecular complexity index is 4360. The van der Waals surface area contributed by atoms with Crippen LogP contribution < -0.4 is 32.3 Å². The quantitative estimate of drug-likeness (QED) is 0.0221. The van der Waals surface area contributed by atoms with Crippen LogP contribution in [-0.4, -0.2) is 148 Å². The predicted octanol–water partition coefficient (Wildman–Crippen LogP) is 21.7. The highest BCUT2D eigenvalue weighted by molar-refractivity contribution is 8.39. The highest BCUT2D eigenvalue weighted by Gasteiger charge is 2.24. The van der Waals surface area contributed by atoms with E-state index < -0.39 is 40.8 Å². The lowest BCUT2D eigenvalue weighted by Gasteiger charge is -2.15. The van der Waals surface area contributed by atoms with Gasteiger partial charge in [-0.25, -0.2) is 19.1 Å². The summed E-state index contributed by atoms with van der Waals surface area (Å²) in [5, 5.41) is 29.6. The molecular formula is C59H65Cl8N14O7P8S8+3. The molecule has 7 rings (SSSR count). The van der Waals surface area contributed by atoms with E-state index in [0.29, 0.717) is 30.6 Å². The molecule has 45 heteroatoms. The fourth-order valence-electron chi connectivity index (χ4n) is 6.44. The van der Waals surface area contributed by atoms with Crippen molar-refractivity contribution >= 4 is 276 Å². The van der Waals surface area contributed by atoms with Gasteiger partial charge in [0.2, 0.25) is 62.6 Å². The van der Waals surface area contributed by atoms with Crippen LogP contribution in [0.2, 0.25) is 0 Å². The van der Waals surface area contributed by atoms with Gasteiger partial charge < -0.3 is 18.7 Å². The number of halogens is 8. The van der Waals surface area contributed by atoms with Crippen LogP contribution in [0.25, 0.3) is 0 Å². The van der Waals surface area contributed by atoms with Crippen LogP contribution >= 0.6 is 138 Å². The number of methoxy groups -OCH3 is 3. The van der Waals surface area contributed by atoms with E-state index in [-0.39, 0.29) is 0 Å². The first-order valence-corrected chi connectivity index (χ1v) is 55.5. The summed E-state index contributed by atoms with van der Waals surface area (Å²) in [5.41, 5.74) is 6.21. The first-order valence-electron chi connectivity index (χ1n) is 28.7. The van der Waals surface area contributed by atoms with E-state index in [9.17, 15) is 0 Å². The summed E-state index contributed by atoms with van der Waals surface area (Å²) in [5.74, 6) is 4.98. The summed E-state index contributed by atoms with van der Waals surface area (Å²) in [6.45, 7) is 0. The number of hydrogen-bond acceptors (Lipinski definition) is 22. The van der Waals surface area contributed by atoms with E-state index in [1.807, 2.05) is 146 Å². The van der Waals surface area contributed by atoms with Crippen molar-refractivity contribution in [3.05, 3.63) is 209 Å². The average Bonchev–Trinajstić information content (AvgIpc) is 0.883. The molecule has 0 spiro atoms. The molecule has 0 aliphatic rings. The van der Waals surface area contributed by atoms with E-state index in [0.717, 1.165) is 56.2 Å². The Kier molecular flexibility index (Phi) is 42.4. The molecular weight excluding hydrogens is 1800 g/mol. The van der Waals surface area contributed by atoms with Gasteiger partial charge in [-0.3, -0.25) is 13.6 Å². The van der Waals surface area contributed by atoms with E-state index in [1.54, 1.807) is 153 Å². The Morgan fingerprint density at radius 1 is 0.298 bits per heavy atom. The van der Waals surface area contributed by atoms with Crippen LogP contribution in [0, 0.1) is 0 Å². The maximum Gasteiger partial charge on any atom is 0.540 e. The average molecular weight is 1870 g/mol. The number of ether oxygens (including phenoxy) is 3. The molecule has 3 atom stereocenters. The Balaban J connectivity index is 0.000000318. The van der Waals surface area contributed by atoms with Gasteiger partial charge in [0.15, 0.2) is 17.2 Å². The van der Waals surface area contributed by atoms with Crippen LogP contribution in [0.15, 0.2) is 206 Å². The van der Waals surface area contributed by atoms with E-state index in [2.05, 4.69) is 47.5 Å². The van der Waals surface area contributed by atoms with Gasteiger partial charge in [0, 0.05) is 28.2 Å². The first kappa shape index (κ1) is 92.8. The third-order valence-corrected chi connectivity index (χ3v) is 29.6. The zero-order chi connectivity index (χ0) is 77.2. The lowest BCUT2D eigenvalue weighted by Crippen LogP contribution is -2.04. The normalized spacial score (nSPS) is 12.2. The summed E-state index contributed by atoms with van der Waals surface area (Å²) in [4.78, 5) is -10.3. The largest absolute Gasteiger partial charge is 0.540 e. The summed E-state index contributed by atoms with van der Waals surface area (Å²) in [6, 6.07) is 51.9. The molecule has 0 fully saturated rings. The summed E-state index contributed by atoms with van der Waals surface area (Å²) in [6.07, 6.45) is 11.6. The highest BCUT2D eigenvalue weighted by atomic mass is 35.9. The minimum absolute atomic E-state index is 0.449. The van der Waals surface area contributed by atoms with Gasteiger partial charge in [-0.1, -0.05) is 14.3 Å². The minimum Gasteiger partial charge on any atom is -0.497 e. The molecule has 3 unspecified atom stereocenters. The molecule has 0 saturated carbocycles. The smallest absolute Gasteiger partial charge is 0.497 e. The molecule has 21 nitrogen and oxygen atoms in total. The van der Waals surface area contributed by atoms with Gasteiger partial charge >= 0.3 is 21.2 Å². The van der Waals surface area contributed by atoms with Crippen molar-refractivity contribution < 1.29 is 32.3 Å². The van der Waals surface area contributed by atoms with Crippen LogP contribution in [0.4, 0.5) is 0 Å². The van der Waals surface area contributed by atoms with E-state index in [4.69, 9.17) is 205 Å². The molecule has 0 N–H and O–H groups in total. The second kappa shape index (κ2) is 47.5. The first-order chi connectivity index (χ1) is 49.0. The Morgan fingerprint density at radius 3 is 0.625 bits per heavy atom. The molecule has 0 radical (unpaired) electrons. The maximum absolute atomic E-state index is 5.94. The maximum atomic E-state index is 5.94. The third kappa shape index (κ3) is 37.2. The monoisotopic (exact) mass is 1860 g/mol. The van der Waals surface area contributed by atoms with Crippen molar-refractivity contribution in [2.75, 3.05) is 70.7 Å². The molecule has 7 aromatic carbocycles. The Labute approximate surface area is 690 Å². The van der Waals surface area contributed by atoms with Crippen LogP contribution in [0.5, 0.6) is 40.2 Å². The molecule has 0 saturated heterocycles. The topological polar surface area (TPSA) is 174 Å². The summed E-state index contributed by atoms with van der Waals surface area (Å²) >= 11 is 87.7. The highest BCUT2D eigenvalue weighted by Crippen LogP contribution is 2.61. The zero-order valence-electron chi connectivity index (χ0n) is 56.2. The second-order valence-corrected chi connectivity index (χ2v) is 57.7. The SMILES string of the molecule is CN(/N=C/c1ccc(OP=S)cc1)P(=S)(Cl)Cl.COc1ccc(/C=N/N(C)P(=S)(Cl)Cl)cc1.COc1ccc(/C=N/N(C)[P+](=S)Oc2ccc(/C=N/N(C)P(=S)(Cl)Cl)cc2)cc1.COc1ccc(/C=N/N(C)[P+](=S)Oc2ccc(/C=N/N(C)[P+](=S)Oc3ccc(/C=N/N(C)P(=S)(Cl)Cl)cc3)cc2)cc1. The number of hydrogen-bond donors (Lipinski definition) is 0. The molecule has 0 aromatic heterocycles. The Hall–Kier alpha value is -3.57. The fourth-order valence-corrected chi connectivity index (χ4v) is 11.9. The second-order valence-electron chi connectivity index (χ2n) is 19.6. The Morgan fingerprint density at radius 2 is 0.462 bits per heavy atom. The van der Waals surface area contributed by atoms with Crippen molar-refractivity contribution in [1.82, 2.24) is 33.5 Å². The molecule has 0 heterocycles. The molecule has 554 valence electrons. The van der Waals surface area contributed by atoms with Crippen molar-refractivity contribution in [2.24, 2.45) is 35.7 Å². The van der Waals surface area contributed by atoms with Gasteiger partial charge in [0.25, 0.3) is 0 Å². The van der Waals surface area contributed by atoms with Gasteiger partial charge in [-0.15, -0.1) is 15.3 Å². The summed E-state index contributed by atoms with van der Waals surface area (Å²) in [7, 11) is 13.0. The van der Waals surface area contributed by atoms with Crippen molar-refractivity contribution in [3.8, 4) is 40.2 Å². The van der Waals surface area contributed by atoms with Gasteiger partial charge in [0.05, 0.1) is 86.0 Å².